The number of halogens is 1. The van der Waals surface area contributed by atoms with Gasteiger partial charge in [0.05, 0.1) is 20.0 Å². The van der Waals surface area contributed by atoms with Crippen LogP contribution in [0.2, 0.25) is 5.02 Å². The average molecular weight is 481 g/mol. The van der Waals surface area contributed by atoms with Gasteiger partial charge in [-0.1, -0.05) is 59.6 Å². The van der Waals surface area contributed by atoms with E-state index in [0.29, 0.717) is 17.1 Å². The fourth-order valence-corrected chi connectivity index (χ4v) is 4.25. The van der Waals surface area contributed by atoms with E-state index < -0.39 is 17.4 Å². The third kappa shape index (κ3) is 4.28. The number of rotatable bonds is 6. The number of aryl methyl sites for hydroxylation is 1. The smallest absolute Gasteiger partial charge is 0.359 e. The Morgan fingerprint density at radius 1 is 1.18 bits per heavy atom. The van der Waals surface area contributed by atoms with Crippen molar-refractivity contribution >= 4 is 29.4 Å². The maximum absolute atomic E-state index is 13.7. The lowest BCUT2D eigenvalue weighted by molar-refractivity contribution is -0.133. The average Bonchev–Trinajstić information content (AvgIpc) is 3.25. The lowest BCUT2D eigenvalue weighted by Crippen LogP contribution is -2.63. The quantitative estimate of drug-likeness (QED) is 0.546. The topological polar surface area (TPSA) is 93.5 Å². The summed E-state index contributed by atoms with van der Waals surface area (Å²) in [7, 11) is 1.23. The van der Waals surface area contributed by atoms with Gasteiger partial charge in [0.2, 0.25) is 5.91 Å². The van der Waals surface area contributed by atoms with Gasteiger partial charge in [-0.25, -0.2) is 9.78 Å². The molecule has 1 N–H and O–H groups in total. The fraction of sp³-hybridized carbons (Fsp3) is 0.280. The van der Waals surface area contributed by atoms with E-state index in [1.807, 2.05) is 37.3 Å². The number of carbonyl (C=O) groups is 3. The lowest BCUT2D eigenvalue weighted by atomic mass is 9.93. The summed E-state index contributed by atoms with van der Waals surface area (Å²) in [6.07, 6.45) is 1.39. The molecule has 9 heteroatoms. The van der Waals surface area contributed by atoms with Crippen LogP contribution in [0.1, 0.15) is 44.6 Å². The van der Waals surface area contributed by atoms with Crippen LogP contribution in [-0.4, -0.2) is 44.9 Å². The van der Waals surface area contributed by atoms with Crippen LogP contribution < -0.4 is 5.32 Å². The van der Waals surface area contributed by atoms with Crippen molar-refractivity contribution in [1.82, 2.24) is 19.8 Å². The van der Waals surface area contributed by atoms with Gasteiger partial charge < -0.3 is 19.5 Å². The minimum atomic E-state index is -1.26. The first-order chi connectivity index (χ1) is 16.2. The zero-order valence-electron chi connectivity index (χ0n) is 19.2. The monoisotopic (exact) mass is 480 g/mol. The number of nitrogens with one attached hydrogen (secondary N) is 1. The number of aromatic nitrogens is 2. The van der Waals surface area contributed by atoms with Crippen LogP contribution in [0.4, 0.5) is 0 Å². The maximum atomic E-state index is 13.7. The van der Waals surface area contributed by atoms with E-state index in [1.54, 1.807) is 25.1 Å². The van der Waals surface area contributed by atoms with Crippen LogP contribution in [0.5, 0.6) is 0 Å². The Labute approximate surface area is 202 Å². The molecule has 34 heavy (non-hydrogen) atoms. The summed E-state index contributed by atoms with van der Waals surface area (Å²) in [6.45, 7) is 4.20. The molecule has 176 valence electrons. The summed E-state index contributed by atoms with van der Waals surface area (Å²) >= 11 is 6.37. The van der Waals surface area contributed by atoms with E-state index in [9.17, 15) is 14.4 Å². The number of fused-ring (bicyclic) bond motifs is 1. The number of benzene rings is 2. The molecule has 3 aromatic rings. The molecule has 0 aliphatic carbocycles. The minimum Gasteiger partial charge on any atom is -0.464 e. The van der Waals surface area contributed by atoms with Crippen molar-refractivity contribution < 1.29 is 19.1 Å². The molecule has 8 nitrogen and oxygen atoms in total. The normalized spacial score (nSPS) is 17.3. The summed E-state index contributed by atoms with van der Waals surface area (Å²) in [5, 5.41) is 3.44. The number of imidazole rings is 1. The summed E-state index contributed by atoms with van der Waals surface area (Å²) in [4.78, 5) is 45.0. The van der Waals surface area contributed by atoms with Gasteiger partial charge in [-0.15, -0.1) is 0 Å². The molecule has 4 rings (SSSR count). The minimum absolute atomic E-state index is 0.0821. The molecule has 0 radical (unpaired) electrons. The molecule has 0 saturated heterocycles. The second kappa shape index (κ2) is 9.30. The highest BCUT2D eigenvalue weighted by Crippen LogP contribution is 2.32. The Kier molecular flexibility index (Phi) is 6.43. The van der Waals surface area contributed by atoms with Crippen LogP contribution in [0.3, 0.4) is 0 Å². The highest BCUT2D eigenvalue weighted by molar-refractivity contribution is 6.31. The van der Waals surface area contributed by atoms with Crippen molar-refractivity contribution in [2.75, 3.05) is 7.11 Å². The van der Waals surface area contributed by atoms with Gasteiger partial charge in [0, 0.05) is 18.1 Å². The molecule has 0 saturated carbocycles. The standard InChI is InChI=1S/C25H25ClN4O4/c1-16-8-10-17(11-9-16)12-27-24(33)25(2)14-29-15-28-20(23(32)34-3)21(29)22(31)30(25)13-18-6-4-5-7-19(18)26/h4-11,15H,12-14H2,1-3H3,(H,27,33). The van der Waals surface area contributed by atoms with Crippen LogP contribution in [0, 0.1) is 6.92 Å². The van der Waals surface area contributed by atoms with Crippen molar-refractivity contribution in [3.63, 3.8) is 0 Å². The van der Waals surface area contributed by atoms with Gasteiger partial charge in [-0.3, -0.25) is 9.59 Å². The summed E-state index contributed by atoms with van der Waals surface area (Å²) < 4.78 is 6.32. The van der Waals surface area contributed by atoms with E-state index >= 15 is 0 Å². The second-order valence-corrected chi connectivity index (χ2v) is 8.89. The summed E-state index contributed by atoms with van der Waals surface area (Å²) in [5.74, 6) is -1.54. The Morgan fingerprint density at radius 3 is 2.56 bits per heavy atom. The first-order valence-corrected chi connectivity index (χ1v) is 11.1. The molecule has 0 bridgehead atoms. The summed E-state index contributed by atoms with van der Waals surface area (Å²) in [6, 6.07) is 15.0. The Hall–Kier alpha value is -3.65. The Morgan fingerprint density at radius 2 is 1.88 bits per heavy atom. The summed E-state index contributed by atoms with van der Waals surface area (Å²) in [5.41, 5.74) is 1.49. The van der Waals surface area contributed by atoms with Crippen molar-refractivity contribution in [2.24, 2.45) is 0 Å². The molecule has 1 atom stereocenters. The van der Waals surface area contributed by atoms with E-state index in [-0.39, 0.29) is 30.4 Å². The number of hydrogen-bond acceptors (Lipinski definition) is 5. The molecule has 2 aromatic carbocycles. The number of nitrogens with zero attached hydrogens (tertiary/aromatic N) is 3. The second-order valence-electron chi connectivity index (χ2n) is 8.49. The molecule has 1 aliphatic heterocycles. The SMILES string of the molecule is COC(=O)c1ncn2c1C(=O)N(Cc1ccccc1Cl)C(C)(C(=O)NCc1ccc(C)cc1)C2. The number of ether oxygens (including phenoxy) is 1. The number of methoxy groups -OCH3 is 1. The number of hydrogen-bond donors (Lipinski definition) is 1. The van der Waals surface area contributed by atoms with Crippen molar-refractivity contribution in [2.45, 2.75) is 39.0 Å². The molecule has 2 heterocycles. The lowest BCUT2D eigenvalue weighted by Gasteiger charge is -2.43. The van der Waals surface area contributed by atoms with E-state index in [4.69, 9.17) is 16.3 Å². The largest absolute Gasteiger partial charge is 0.464 e. The van der Waals surface area contributed by atoms with E-state index in [1.165, 1.54) is 22.9 Å². The zero-order valence-corrected chi connectivity index (χ0v) is 19.9. The number of amides is 2. The molecular formula is C25H25ClN4O4. The third-order valence-electron chi connectivity index (χ3n) is 6.09. The molecule has 2 amide bonds. The predicted molar refractivity (Wildman–Crippen MR) is 126 cm³/mol. The first kappa shape index (κ1) is 23.5. The van der Waals surface area contributed by atoms with Gasteiger partial charge in [-0.05, 0) is 31.0 Å². The van der Waals surface area contributed by atoms with Crippen LogP contribution in [0.25, 0.3) is 0 Å². The molecule has 1 unspecified atom stereocenters. The maximum Gasteiger partial charge on any atom is 0.359 e. The highest BCUT2D eigenvalue weighted by Gasteiger charge is 2.49. The van der Waals surface area contributed by atoms with Crippen molar-refractivity contribution in [1.29, 1.82) is 0 Å². The van der Waals surface area contributed by atoms with Gasteiger partial charge in [0.1, 0.15) is 11.2 Å². The van der Waals surface area contributed by atoms with E-state index in [2.05, 4.69) is 10.3 Å². The molecule has 0 spiro atoms. The van der Waals surface area contributed by atoms with Crippen molar-refractivity contribution in [3.05, 3.63) is 88.0 Å². The first-order valence-electron chi connectivity index (χ1n) is 10.8. The van der Waals surface area contributed by atoms with Crippen LogP contribution in [-0.2, 0) is 29.2 Å². The van der Waals surface area contributed by atoms with Gasteiger partial charge in [0.25, 0.3) is 5.91 Å². The van der Waals surface area contributed by atoms with Crippen LogP contribution in [0.15, 0.2) is 54.9 Å². The molecule has 1 aliphatic rings. The Balaban J connectivity index is 1.70. The van der Waals surface area contributed by atoms with Gasteiger partial charge in [-0.2, -0.15) is 0 Å². The molecule has 0 fully saturated rings. The molecular weight excluding hydrogens is 456 g/mol. The highest BCUT2D eigenvalue weighted by atomic mass is 35.5. The van der Waals surface area contributed by atoms with Crippen LogP contribution >= 0.6 is 11.6 Å². The van der Waals surface area contributed by atoms with E-state index in [0.717, 1.165) is 11.1 Å². The van der Waals surface area contributed by atoms with Gasteiger partial charge >= 0.3 is 5.97 Å². The van der Waals surface area contributed by atoms with Crippen molar-refractivity contribution in [3.8, 4) is 0 Å². The number of esters is 1. The van der Waals surface area contributed by atoms with Gasteiger partial charge in [0.15, 0.2) is 5.69 Å². The molecule has 1 aromatic heterocycles. The predicted octanol–water partition coefficient (Wildman–Crippen LogP) is 3.36. The number of carbonyl (C=O) groups excluding carboxylic acids is 3. The fourth-order valence-electron chi connectivity index (χ4n) is 4.06. The zero-order chi connectivity index (χ0) is 24.5. The third-order valence-corrected chi connectivity index (χ3v) is 6.46. The Bertz CT molecular complexity index is 1250.